The Kier molecular flexibility index (Phi) is 4.41. The quantitative estimate of drug-likeness (QED) is 0.679. The molecular weight excluding hydrogens is 265 g/mol. The van der Waals surface area contributed by atoms with E-state index in [0.717, 1.165) is 24.0 Å². The molecule has 0 aliphatic rings. The number of aryl methyl sites for hydroxylation is 2. The second-order valence-corrected chi connectivity index (χ2v) is 5.20. The second-order valence-electron chi connectivity index (χ2n) is 5.20. The van der Waals surface area contributed by atoms with Gasteiger partial charge in [0.15, 0.2) is 5.78 Å². The largest absolute Gasteiger partial charge is 0.398 e. The van der Waals surface area contributed by atoms with Crippen LogP contribution in [0.1, 0.15) is 46.5 Å². The zero-order chi connectivity index (χ0) is 15.6. The average Bonchev–Trinajstić information content (AvgIpc) is 2.50. The molecule has 0 bridgehead atoms. The summed E-state index contributed by atoms with van der Waals surface area (Å²) in [7, 11) is 0. The Bertz CT molecular complexity index is 669. The summed E-state index contributed by atoms with van der Waals surface area (Å²) in [6.07, 6.45) is 1.61. The lowest BCUT2D eigenvalue weighted by Gasteiger charge is -2.11. The van der Waals surface area contributed by atoms with Crippen LogP contribution in [-0.4, -0.2) is 5.78 Å². The van der Waals surface area contributed by atoms with E-state index in [1.807, 2.05) is 32.0 Å². The monoisotopic (exact) mass is 285 g/mol. The Morgan fingerprint density at radius 2 is 1.86 bits per heavy atom. The smallest absolute Gasteiger partial charge is 0.193 e. The summed E-state index contributed by atoms with van der Waals surface area (Å²) in [5.74, 6) is -0.615. The van der Waals surface area contributed by atoms with Gasteiger partial charge in [-0.2, -0.15) is 0 Å². The summed E-state index contributed by atoms with van der Waals surface area (Å²) in [4.78, 5) is 12.7. The summed E-state index contributed by atoms with van der Waals surface area (Å²) in [6.45, 7) is 5.65. The van der Waals surface area contributed by atoms with Crippen LogP contribution < -0.4 is 5.73 Å². The number of hydrogen-bond donors (Lipinski definition) is 1. The normalized spacial score (nSPS) is 10.7. The Hall–Kier alpha value is -2.16. The molecule has 0 aromatic heterocycles. The number of rotatable bonds is 4. The van der Waals surface area contributed by atoms with E-state index in [2.05, 4.69) is 0 Å². The third-order valence-corrected chi connectivity index (χ3v) is 3.85. The molecule has 0 aliphatic heterocycles. The number of benzene rings is 2. The van der Waals surface area contributed by atoms with E-state index in [0.29, 0.717) is 22.4 Å². The van der Waals surface area contributed by atoms with E-state index in [1.165, 1.54) is 6.07 Å². The van der Waals surface area contributed by atoms with Crippen molar-refractivity contribution in [2.24, 2.45) is 0 Å². The fourth-order valence-electron chi connectivity index (χ4n) is 2.35. The molecule has 2 rings (SSSR count). The predicted octanol–water partition coefficient (Wildman–Crippen LogP) is 4.07. The van der Waals surface area contributed by atoms with Crippen molar-refractivity contribution in [3.63, 3.8) is 0 Å². The maximum Gasteiger partial charge on any atom is 0.193 e. The van der Waals surface area contributed by atoms with Gasteiger partial charge in [0.2, 0.25) is 0 Å². The molecule has 2 N–H and O–H groups in total. The highest BCUT2D eigenvalue weighted by atomic mass is 19.1. The van der Waals surface area contributed by atoms with Crippen molar-refractivity contribution < 1.29 is 9.18 Å². The second kappa shape index (κ2) is 6.08. The maximum absolute atomic E-state index is 13.8. The van der Waals surface area contributed by atoms with Gasteiger partial charge in [-0.3, -0.25) is 4.79 Å². The lowest BCUT2D eigenvalue weighted by molar-refractivity contribution is 0.103. The fourth-order valence-corrected chi connectivity index (χ4v) is 2.35. The van der Waals surface area contributed by atoms with Gasteiger partial charge in [0.05, 0.1) is 0 Å². The van der Waals surface area contributed by atoms with Gasteiger partial charge in [-0.15, -0.1) is 0 Å². The number of ketones is 1. The van der Waals surface area contributed by atoms with Gasteiger partial charge in [-0.1, -0.05) is 26.0 Å². The van der Waals surface area contributed by atoms with Crippen molar-refractivity contribution in [2.75, 3.05) is 5.73 Å². The van der Waals surface area contributed by atoms with Crippen LogP contribution in [0.4, 0.5) is 10.1 Å². The number of carbonyl (C=O) groups excluding carboxylic acids is 1. The number of nitrogen functional groups attached to an aromatic ring is 1. The highest BCUT2D eigenvalue weighted by Gasteiger charge is 2.16. The van der Waals surface area contributed by atoms with Gasteiger partial charge in [0, 0.05) is 22.4 Å². The Labute approximate surface area is 124 Å². The maximum atomic E-state index is 13.8. The molecular formula is C18H20FNO. The molecule has 0 spiro atoms. The molecule has 0 saturated carbocycles. The summed E-state index contributed by atoms with van der Waals surface area (Å²) in [5, 5.41) is 0. The van der Waals surface area contributed by atoms with E-state index < -0.39 is 5.82 Å². The van der Waals surface area contributed by atoms with Crippen LogP contribution in [0.25, 0.3) is 0 Å². The topological polar surface area (TPSA) is 43.1 Å². The minimum absolute atomic E-state index is 0.173. The first-order chi connectivity index (χ1) is 9.97. The molecule has 2 aromatic rings. The number of nitrogens with two attached hydrogens (primary N) is 1. The number of carbonyl (C=O) groups is 1. The highest BCUT2D eigenvalue weighted by Crippen LogP contribution is 2.22. The molecule has 0 amide bonds. The summed E-state index contributed by atoms with van der Waals surface area (Å²) < 4.78 is 13.8. The van der Waals surface area contributed by atoms with Crippen LogP contribution in [-0.2, 0) is 12.8 Å². The van der Waals surface area contributed by atoms with Crippen LogP contribution in [0.2, 0.25) is 0 Å². The van der Waals surface area contributed by atoms with E-state index in [9.17, 15) is 9.18 Å². The summed E-state index contributed by atoms with van der Waals surface area (Å²) >= 11 is 0. The molecule has 0 fully saturated rings. The zero-order valence-electron chi connectivity index (χ0n) is 12.7. The van der Waals surface area contributed by atoms with E-state index in [-0.39, 0.29) is 5.78 Å². The van der Waals surface area contributed by atoms with Gasteiger partial charge >= 0.3 is 0 Å². The van der Waals surface area contributed by atoms with Crippen molar-refractivity contribution in [1.29, 1.82) is 0 Å². The summed E-state index contributed by atoms with van der Waals surface area (Å²) in [5.41, 5.74) is 9.46. The van der Waals surface area contributed by atoms with Crippen molar-refractivity contribution in [2.45, 2.75) is 33.6 Å². The molecule has 0 atom stereocenters. The zero-order valence-corrected chi connectivity index (χ0v) is 12.7. The molecule has 0 radical (unpaired) electrons. The lowest BCUT2D eigenvalue weighted by Crippen LogP contribution is -2.08. The van der Waals surface area contributed by atoms with E-state index >= 15 is 0 Å². The fraction of sp³-hybridized carbons (Fsp3) is 0.278. The highest BCUT2D eigenvalue weighted by molar-refractivity contribution is 6.10. The first-order valence-corrected chi connectivity index (χ1v) is 7.20. The van der Waals surface area contributed by atoms with Crippen molar-refractivity contribution in [3.05, 3.63) is 64.0 Å². The molecule has 2 nitrogen and oxygen atoms in total. The molecule has 3 heteroatoms. The Balaban J connectivity index is 2.54. The van der Waals surface area contributed by atoms with Gasteiger partial charge < -0.3 is 5.73 Å². The molecule has 110 valence electrons. The van der Waals surface area contributed by atoms with Crippen LogP contribution in [0.15, 0.2) is 30.3 Å². The lowest BCUT2D eigenvalue weighted by atomic mass is 9.93. The summed E-state index contributed by atoms with van der Waals surface area (Å²) in [6, 6.07) is 8.72. The number of halogens is 1. The SMILES string of the molecule is CCc1ccc(CC)c(C(=O)c2cc(N)c(C)c(F)c2)c1. The molecule has 0 heterocycles. The third-order valence-electron chi connectivity index (χ3n) is 3.85. The van der Waals surface area contributed by atoms with E-state index in [4.69, 9.17) is 5.73 Å². The standard InChI is InChI=1S/C18H20FNO/c1-4-12-6-7-13(5-2)15(8-12)18(21)14-9-16(19)11(3)17(20)10-14/h6-10H,4-5,20H2,1-3H3. The Morgan fingerprint density at radius 1 is 1.14 bits per heavy atom. The van der Waals surface area contributed by atoms with Crippen LogP contribution in [0.3, 0.4) is 0 Å². The van der Waals surface area contributed by atoms with Crippen LogP contribution >= 0.6 is 0 Å². The first kappa shape index (κ1) is 15.2. The van der Waals surface area contributed by atoms with Crippen LogP contribution in [0, 0.1) is 12.7 Å². The van der Waals surface area contributed by atoms with Crippen molar-refractivity contribution in [3.8, 4) is 0 Å². The number of anilines is 1. The molecule has 0 unspecified atom stereocenters. The van der Waals surface area contributed by atoms with Gasteiger partial charge in [0.1, 0.15) is 5.82 Å². The third kappa shape index (κ3) is 2.97. The van der Waals surface area contributed by atoms with Gasteiger partial charge in [-0.25, -0.2) is 4.39 Å². The minimum Gasteiger partial charge on any atom is -0.398 e. The predicted molar refractivity (Wildman–Crippen MR) is 84.2 cm³/mol. The minimum atomic E-state index is -0.442. The average molecular weight is 285 g/mol. The molecule has 2 aromatic carbocycles. The van der Waals surface area contributed by atoms with E-state index in [1.54, 1.807) is 13.0 Å². The molecule has 21 heavy (non-hydrogen) atoms. The van der Waals surface area contributed by atoms with Crippen molar-refractivity contribution in [1.82, 2.24) is 0 Å². The molecule has 0 aliphatic carbocycles. The number of hydrogen-bond acceptors (Lipinski definition) is 2. The first-order valence-electron chi connectivity index (χ1n) is 7.20. The van der Waals surface area contributed by atoms with Crippen molar-refractivity contribution >= 4 is 11.5 Å². The van der Waals surface area contributed by atoms with Gasteiger partial charge in [0.25, 0.3) is 0 Å². The Morgan fingerprint density at radius 3 is 2.43 bits per heavy atom. The van der Waals surface area contributed by atoms with Crippen LogP contribution in [0.5, 0.6) is 0 Å². The van der Waals surface area contributed by atoms with Gasteiger partial charge in [-0.05, 0) is 49.1 Å². The molecule has 0 saturated heterocycles.